The van der Waals surface area contributed by atoms with E-state index < -0.39 is 10.0 Å². The Morgan fingerprint density at radius 2 is 1.38 bits per heavy atom. The van der Waals surface area contributed by atoms with Gasteiger partial charge in [0.2, 0.25) is 10.0 Å². The molecule has 1 saturated heterocycles. The van der Waals surface area contributed by atoms with Crippen molar-refractivity contribution in [2.75, 3.05) is 26.2 Å². The minimum atomic E-state index is -3.64. The fourth-order valence-electron chi connectivity index (χ4n) is 4.17. The van der Waals surface area contributed by atoms with Crippen LogP contribution in [0.3, 0.4) is 0 Å². The third-order valence-corrected chi connectivity index (χ3v) is 8.47. The van der Waals surface area contributed by atoms with E-state index in [4.69, 9.17) is 0 Å². The van der Waals surface area contributed by atoms with Crippen molar-refractivity contribution < 1.29 is 13.2 Å². The van der Waals surface area contributed by atoms with Gasteiger partial charge in [0.15, 0.2) is 0 Å². The SMILES string of the molecule is O=C(c1ccc(-c2ccncc2)cc1)N1CCN(S(=O)(=O)c2ccc3cc(Br)ccc3c2)CC1. The van der Waals surface area contributed by atoms with Gasteiger partial charge in [-0.3, -0.25) is 9.78 Å². The second-order valence-corrected chi connectivity index (χ2v) is 11.0. The predicted molar refractivity (Wildman–Crippen MR) is 136 cm³/mol. The minimum Gasteiger partial charge on any atom is -0.336 e. The van der Waals surface area contributed by atoms with Crippen LogP contribution in [0.4, 0.5) is 0 Å². The fraction of sp³-hybridized carbons (Fsp3) is 0.154. The number of halogens is 1. The highest BCUT2D eigenvalue weighted by atomic mass is 79.9. The molecule has 1 aliphatic heterocycles. The highest BCUT2D eigenvalue weighted by Gasteiger charge is 2.30. The summed E-state index contributed by atoms with van der Waals surface area (Å²) in [4.78, 5) is 19.0. The maximum Gasteiger partial charge on any atom is 0.253 e. The lowest BCUT2D eigenvalue weighted by Gasteiger charge is -2.34. The van der Waals surface area contributed by atoms with Gasteiger partial charge in [-0.15, -0.1) is 0 Å². The van der Waals surface area contributed by atoms with Crippen molar-refractivity contribution >= 4 is 42.6 Å². The number of aromatic nitrogens is 1. The van der Waals surface area contributed by atoms with Crippen molar-refractivity contribution in [3.05, 3.63) is 95.2 Å². The number of carbonyl (C=O) groups excluding carboxylic acids is 1. The average molecular weight is 536 g/mol. The number of pyridine rings is 1. The summed E-state index contributed by atoms with van der Waals surface area (Å²) < 4.78 is 28.9. The van der Waals surface area contributed by atoms with Gasteiger partial charge in [0.05, 0.1) is 4.90 Å². The number of hydrogen-bond donors (Lipinski definition) is 0. The molecule has 0 spiro atoms. The van der Waals surface area contributed by atoms with E-state index in [0.29, 0.717) is 18.7 Å². The van der Waals surface area contributed by atoms with E-state index >= 15 is 0 Å². The van der Waals surface area contributed by atoms with Crippen molar-refractivity contribution in [2.24, 2.45) is 0 Å². The molecule has 5 rings (SSSR count). The number of rotatable bonds is 4. The zero-order valence-electron chi connectivity index (χ0n) is 18.3. The Hall–Kier alpha value is -3.07. The Morgan fingerprint density at radius 1 is 0.765 bits per heavy atom. The number of amides is 1. The minimum absolute atomic E-state index is 0.0883. The summed E-state index contributed by atoms with van der Waals surface area (Å²) in [6, 6.07) is 22.2. The van der Waals surface area contributed by atoms with Gasteiger partial charge < -0.3 is 4.90 Å². The zero-order valence-corrected chi connectivity index (χ0v) is 20.7. The molecule has 0 atom stereocenters. The van der Waals surface area contributed by atoms with Crippen LogP contribution in [0.1, 0.15) is 10.4 Å². The van der Waals surface area contributed by atoms with E-state index in [-0.39, 0.29) is 23.9 Å². The van der Waals surface area contributed by atoms with Gasteiger partial charge in [0.1, 0.15) is 0 Å². The Labute approximate surface area is 207 Å². The lowest BCUT2D eigenvalue weighted by atomic mass is 10.0. The molecule has 6 nitrogen and oxygen atoms in total. The van der Waals surface area contributed by atoms with E-state index in [1.54, 1.807) is 29.4 Å². The maximum absolute atomic E-state index is 13.2. The van der Waals surface area contributed by atoms with Gasteiger partial charge in [-0.1, -0.05) is 40.2 Å². The fourth-order valence-corrected chi connectivity index (χ4v) is 6.00. The van der Waals surface area contributed by atoms with Crippen LogP contribution in [0.2, 0.25) is 0 Å². The first-order valence-electron chi connectivity index (χ1n) is 10.9. The monoisotopic (exact) mass is 535 g/mol. The van der Waals surface area contributed by atoms with Crippen molar-refractivity contribution in [3.63, 3.8) is 0 Å². The number of piperazine rings is 1. The van der Waals surface area contributed by atoms with Gasteiger partial charge in [-0.2, -0.15) is 4.31 Å². The quantitative estimate of drug-likeness (QED) is 0.376. The number of fused-ring (bicyclic) bond motifs is 1. The normalized spacial score (nSPS) is 14.9. The summed E-state index contributed by atoms with van der Waals surface area (Å²) in [5, 5.41) is 1.84. The van der Waals surface area contributed by atoms with Crippen molar-refractivity contribution in [3.8, 4) is 11.1 Å². The second-order valence-electron chi connectivity index (χ2n) is 8.16. The van der Waals surface area contributed by atoms with Crippen molar-refractivity contribution in [1.82, 2.24) is 14.2 Å². The number of sulfonamides is 1. The molecular formula is C26H22BrN3O3S. The first-order chi connectivity index (χ1) is 16.4. The molecule has 2 heterocycles. The molecule has 0 radical (unpaired) electrons. The summed E-state index contributed by atoms with van der Waals surface area (Å²) >= 11 is 3.44. The first kappa shape index (κ1) is 22.7. The molecule has 0 saturated carbocycles. The third kappa shape index (κ3) is 4.49. The molecule has 4 aromatic rings. The second kappa shape index (κ2) is 9.29. The van der Waals surface area contributed by atoms with Crippen LogP contribution in [0.5, 0.6) is 0 Å². The predicted octanol–water partition coefficient (Wildman–Crippen LogP) is 4.81. The molecule has 1 aliphatic rings. The Kier molecular flexibility index (Phi) is 6.20. The van der Waals surface area contributed by atoms with Crippen LogP contribution in [0.15, 0.2) is 94.6 Å². The summed E-state index contributed by atoms with van der Waals surface area (Å²) in [7, 11) is -3.64. The lowest BCUT2D eigenvalue weighted by Crippen LogP contribution is -2.50. The number of nitrogens with zero attached hydrogens (tertiary/aromatic N) is 3. The van der Waals surface area contributed by atoms with Crippen LogP contribution >= 0.6 is 15.9 Å². The molecule has 0 N–H and O–H groups in total. The van der Waals surface area contributed by atoms with Gasteiger partial charge in [-0.05, 0) is 70.4 Å². The molecule has 1 aromatic heterocycles. The van der Waals surface area contributed by atoms with E-state index in [2.05, 4.69) is 20.9 Å². The van der Waals surface area contributed by atoms with E-state index in [9.17, 15) is 13.2 Å². The lowest BCUT2D eigenvalue weighted by molar-refractivity contribution is 0.0698. The van der Waals surface area contributed by atoms with E-state index in [0.717, 1.165) is 26.4 Å². The Morgan fingerprint density at radius 3 is 2.09 bits per heavy atom. The molecule has 0 unspecified atom stereocenters. The van der Waals surface area contributed by atoms with Crippen molar-refractivity contribution in [2.45, 2.75) is 4.90 Å². The molecule has 1 amide bonds. The number of hydrogen-bond acceptors (Lipinski definition) is 4. The first-order valence-corrected chi connectivity index (χ1v) is 13.1. The van der Waals surface area contributed by atoms with E-state index in [1.165, 1.54) is 4.31 Å². The van der Waals surface area contributed by atoms with Crippen LogP contribution in [-0.2, 0) is 10.0 Å². The molecule has 0 aliphatic carbocycles. The van der Waals surface area contributed by atoms with Gasteiger partial charge >= 0.3 is 0 Å². The van der Waals surface area contributed by atoms with Gasteiger partial charge in [0.25, 0.3) is 5.91 Å². The molecule has 0 bridgehead atoms. The zero-order chi connectivity index (χ0) is 23.7. The molecule has 172 valence electrons. The molecule has 1 fully saturated rings. The molecule has 3 aromatic carbocycles. The van der Waals surface area contributed by atoms with E-state index in [1.807, 2.05) is 60.7 Å². The topological polar surface area (TPSA) is 70.6 Å². The standard InChI is InChI=1S/C26H22BrN3O3S/c27-24-7-5-23-18-25(8-6-22(23)17-24)34(32,33)30-15-13-29(14-16-30)26(31)21-3-1-19(2-4-21)20-9-11-28-12-10-20/h1-12,17-18H,13-16H2. The molecule has 8 heteroatoms. The number of benzene rings is 3. The van der Waals surface area contributed by atoms with Crippen LogP contribution < -0.4 is 0 Å². The highest BCUT2D eigenvalue weighted by molar-refractivity contribution is 9.10. The Bertz CT molecular complexity index is 1450. The Balaban J connectivity index is 1.27. The molecular weight excluding hydrogens is 514 g/mol. The van der Waals surface area contributed by atoms with Gasteiger partial charge in [0, 0.05) is 48.6 Å². The number of carbonyl (C=O) groups is 1. The summed E-state index contributed by atoms with van der Waals surface area (Å²) in [5.74, 6) is -0.0883. The maximum atomic E-state index is 13.2. The van der Waals surface area contributed by atoms with Crippen LogP contribution in [0.25, 0.3) is 21.9 Å². The van der Waals surface area contributed by atoms with Crippen LogP contribution in [0, 0.1) is 0 Å². The third-order valence-electron chi connectivity index (χ3n) is 6.08. The highest BCUT2D eigenvalue weighted by Crippen LogP contribution is 2.26. The summed E-state index contributed by atoms with van der Waals surface area (Å²) in [6.45, 7) is 1.23. The largest absolute Gasteiger partial charge is 0.336 e. The van der Waals surface area contributed by atoms with Gasteiger partial charge in [-0.25, -0.2) is 8.42 Å². The molecule has 34 heavy (non-hydrogen) atoms. The summed E-state index contributed by atoms with van der Waals surface area (Å²) in [5.41, 5.74) is 2.64. The smallest absolute Gasteiger partial charge is 0.253 e. The van der Waals surface area contributed by atoms with Crippen molar-refractivity contribution in [1.29, 1.82) is 0 Å². The average Bonchev–Trinajstić information content (AvgIpc) is 2.88. The van der Waals surface area contributed by atoms with Crippen LogP contribution in [-0.4, -0.2) is 54.7 Å². The summed E-state index contributed by atoms with van der Waals surface area (Å²) in [6.07, 6.45) is 3.47.